The Kier molecular flexibility index (Phi) is 4.74. The molecular weight excluding hydrogens is 204 g/mol. The van der Waals surface area contributed by atoms with Crippen LogP contribution in [0.4, 0.5) is 0 Å². The minimum atomic E-state index is -0.462. The molecule has 0 bridgehead atoms. The minimum absolute atomic E-state index is 0.0949. The molecule has 0 spiro atoms. The van der Waals surface area contributed by atoms with E-state index in [0.29, 0.717) is 13.2 Å². The maximum atomic E-state index is 11.6. The van der Waals surface area contributed by atoms with Crippen LogP contribution in [0.1, 0.15) is 33.6 Å². The number of ether oxygens (including phenoxy) is 1. The van der Waals surface area contributed by atoms with Crippen LogP contribution < -0.4 is 11.1 Å². The Morgan fingerprint density at radius 2 is 2.12 bits per heavy atom. The molecule has 94 valence electrons. The van der Waals surface area contributed by atoms with Crippen molar-refractivity contribution < 1.29 is 9.53 Å². The highest BCUT2D eigenvalue weighted by Gasteiger charge is 2.27. The molecule has 1 saturated carbocycles. The second-order valence-electron chi connectivity index (χ2n) is 5.65. The van der Waals surface area contributed by atoms with Crippen LogP contribution in [-0.2, 0) is 9.53 Å². The number of nitrogens with one attached hydrogen (secondary N) is 1. The van der Waals surface area contributed by atoms with Crippen molar-refractivity contribution in [2.75, 3.05) is 19.8 Å². The fraction of sp³-hybridized carbons (Fsp3) is 0.917. The number of hydrogen-bond acceptors (Lipinski definition) is 3. The molecule has 0 aromatic heterocycles. The molecule has 4 heteroatoms. The molecule has 0 aromatic rings. The zero-order valence-electron chi connectivity index (χ0n) is 10.6. The first-order valence-corrected chi connectivity index (χ1v) is 6.02. The van der Waals surface area contributed by atoms with E-state index in [-0.39, 0.29) is 11.3 Å². The molecule has 1 atom stereocenters. The SMILES string of the molecule is CC(C)(C)C(N)C(=O)NCCOCC1CC1. The number of rotatable bonds is 6. The molecule has 1 amide bonds. The lowest BCUT2D eigenvalue weighted by atomic mass is 9.87. The van der Waals surface area contributed by atoms with Crippen LogP contribution in [0.2, 0.25) is 0 Å². The molecule has 0 aliphatic heterocycles. The Labute approximate surface area is 97.9 Å². The van der Waals surface area contributed by atoms with Crippen LogP contribution in [0.3, 0.4) is 0 Å². The van der Waals surface area contributed by atoms with Crippen molar-refractivity contribution in [2.24, 2.45) is 17.1 Å². The van der Waals surface area contributed by atoms with Gasteiger partial charge in [0, 0.05) is 13.2 Å². The largest absolute Gasteiger partial charge is 0.379 e. The van der Waals surface area contributed by atoms with E-state index in [1.54, 1.807) is 0 Å². The number of hydrogen-bond donors (Lipinski definition) is 2. The minimum Gasteiger partial charge on any atom is -0.379 e. The predicted octanol–water partition coefficient (Wildman–Crippen LogP) is 0.903. The summed E-state index contributed by atoms with van der Waals surface area (Å²) in [7, 11) is 0. The second-order valence-corrected chi connectivity index (χ2v) is 5.65. The molecule has 1 rings (SSSR count). The fourth-order valence-corrected chi connectivity index (χ4v) is 1.28. The molecule has 0 radical (unpaired) electrons. The van der Waals surface area contributed by atoms with Crippen molar-refractivity contribution >= 4 is 5.91 Å². The third-order valence-electron chi connectivity index (χ3n) is 2.81. The predicted molar refractivity (Wildman–Crippen MR) is 64.0 cm³/mol. The standard InChI is InChI=1S/C12H24N2O2/c1-12(2,3)10(13)11(15)14-6-7-16-8-9-4-5-9/h9-10H,4-8,13H2,1-3H3,(H,14,15). The Bertz CT molecular complexity index is 232. The quantitative estimate of drug-likeness (QED) is 0.664. The van der Waals surface area contributed by atoms with Gasteiger partial charge < -0.3 is 15.8 Å². The zero-order chi connectivity index (χ0) is 12.2. The summed E-state index contributed by atoms with van der Waals surface area (Å²) in [5.74, 6) is 0.676. The molecule has 16 heavy (non-hydrogen) atoms. The van der Waals surface area contributed by atoms with Crippen molar-refractivity contribution in [1.29, 1.82) is 0 Å². The van der Waals surface area contributed by atoms with Crippen molar-refractivity contribution in [1.82, 2.24) is 5.32 Å². The lowest BCUT2D eigenvalue weighted by molar-refractivity contribution is -0.124. The number of carbonyl (C=O) groups excluding carboxylic acids is 1. The van der Waals surface area contributed by atoms with E-state index in [0.717, 1.165) is 12.5 Å². The van der Waals surface area contributed by atoms with Gasteiger partial charge in [-0.2, -0.15) is 0 Å². The molecule has 0 heterocycles. The van der Waals surface area contributed by atoms with Crippen molar-refractivity contribution in [3.8, 4) is 0 Å². The Morgan fingerprint density at radius 1 is 1.50 bits per heavy atom. The highest BCUT2D eigenvalue weighted by Crippen LogP contribution is 2.28. The monoisotopic (exact) mass is 228 g/mol. The number of nitrogens with two attached hydrogens (primary N) is 1. The second kappa shape index (κ2) is 5.64. The van der Waals surface area contributed by atoms with Crippen LogP contribution in [0.15, 0.2) is 0 Å². The third kappa shape index (κ3) is 4.94. The van der Waals surface area contributed by atoms with Gasteiger partial charge in [0.1, 0.15) is 0 Å². The van der Waals surface area contributed by atoms with Crippen molar-refractivity contribution in [2.45, 2.75) is 39.7 Å². The topological polar surface area (TPSA) is 64.4 Å². The van der Waals surface area contributed by atoms with Gasteiger partial charge in [-0.1, -0.05) is 20.8 Å². The highest BCUT2D eigenvalue weighted by atomic mass is 16.5. The van der Waals surface area contributed by atoms with E-state index in [2.05, 4.69) is 5.32 Å². The van der Waals surface area contributed by atoms with Gasteiger partial charge >= 0.3 is 0 Å². The molecule has 0 saturated heterocycles. The average Bonchev–Trinajstić information content (AvgIpc) is 2.98. The van der Waals surface area contributed by atoms with Gasteiger partial charge in [-0.15, -0.1) is 0 Å². The first-order valence-electron chi connectivity index (χ1n) is 6.02. The van der Waals surface area contributed by atoms with E-state index in [1.807, 2.05) is 20.8 Å². The summed E-state index contributed by atoms with van der Waals surface area (Å²) in [6, 6.07) is -0.462. The molecule has 4 nitrogen and oxygen atoms in total. The summed E-state index contributed by atoms with van der Waals surface area (Å²) in [4.78, 5) is 11.6. The van der Waals surface area contributed by atoms with Crippen molar-refractivity contribution in [3.63, 3.8) is 0 Å². The van der Waals surface area contributed by atoms with E-state index < -0.39 is 6.04 Å². The van der Waals surface area contributed by atoms with Crippen LogP contribution in [-0.4, -0.2) is 31.7 Å². The average molecular weight is 228 g/mol. The van der Waals surface area contributed by atoms with Gasteiger partial charge in [0.2, 0.25) is 5.91 Å². The van der Waals surface area contributed by atoms with Gasteiger partial charge in [-0.3, -0.25) is 4.79 Å². The van der Waals surface area contributed by atoms with Gasteiger partial charge in [0.15, 0.2) is 0 Å². The van der Waals surface area contributed by atoms with Gasteiger partial charge in [0.25, 0.3) is 0 Å². The lowest BCUT2D eigenvalue weighted by Gasteiger charge is -2.25. The maximum Gasteiger partial charge on any atom is 0.237 e. The third-order valence-corrected chi connectivity index (χ3v) is 2.81. The van der Waals surface area contributed by atoms with Crippen LogP contribution in [0.25, 0.3) is 0 Å². The van der Waals surface area contributed by atoms with E-state index in [9.17, 15) is 4.79 Å². The highest BCUT2D eigenvalue weighted by molar-refractivity contribution is 5.82. The Hall–Kier alpha value is -0.610. The van der Waals surface area contributed by atoms with E-state index in [1.165, 1.54) is 12.8 Å². The summed E-state index contributed by atoms with van der Waals surface area (Å²) in [5, 5.41) is 2.79. The molecule has 1 fully saturated rings. The van der Waals surface area contributed by atoms with Gasteiger partial charge in [-0.05, 0) is 24.2 Å². The normalized spacial score (nSPS) is 18.2. The van der Waals surface area contributed by atoms with Gasteiger partial charge in [0.05, 0.1) is 12.6 Å². The van der Waals surface area contributed by atoms with Gasteiger partial charge in [-0.25, -0.2) is 0 Å². The smallest absolute Gasteiger partial charge is 0.237 e. The van der Waals surface area contributed by atoms with E-state index in [4.69, 9.17) is 10.5 Å². The summed E-state index contributed by atoms with van der Waals surface area (Å²) >= 11 is 0. The van der Waals surface area contributed by atoms with E-state index >= 15 is 0 Å². The summed E-state index contributed by atoms with van der Waals surface area (Å²) < 4.78 is 5.42. The van der Waals surface area contributed by atoms with Crippen LogP contribution in [0.5, 0.6) is 0 Å². The Balaban J connectivity index is 2.04. The molecule has 3 N–H and O–H groups in total. The van der Waals surface area contributed by atoms with Crippen LogP contribution in [0, 0.1) is 11.3 Å². The first kappa shape index (κ1) is 13.5. The number of amides is 1. The maximum absolute atomic E-state index is 11.6. The first-order chi connectivity index (χ1) is 7.41. The lowest BCUT2D eigenvalue weighted by Crippen LogP contribution is -2.49. The van der Waals surface area contributed by atoms with Crippen molar-refractivity contribution in [3.05, 3.63) is 0 Å². The molecule has 1 aliphatic carbocycles. The molecular formula is C12H24N2O2. The summed E-state index contributed by atoms with van der Waals surface area (Å²) in [5.41, 5.74) is 5.62. The summed E-state index contributed by atoms with van der Waals surface area (Å²) in [6.07, 6.45) is 2.59. The molecule has 1 aliphatic rings. The fourth-order valence-electron chi connectivity index (χ4n) is 1.28. The number of carbonyl (C=O) groups is 1. The summed E-state index contributed by atoms with van der Waals surface area (Å²) in [6.45, 7) is 7.85. The molecule has 1 unspecified atom stereocenters. The Morgan fingerprint density at radius 3 is 2.62 bits per heavy atom. The van der Waals surface area contributed by atoms with Crippen LogP contribution >= 0.6 is 0 Å². The zero-order valence-corrected chi connectivity index (χ0v) is 10.6. The molecule has 0 aromatic carbocycles.